The van der Waals surface area contributed by atoms with Gasteiger partial charge in [-0.2, -0.15) is 0 Å². The van der Waals surface area contributed by atoms with Gasteiger partial charge in [0.1, 0.15) is 42.4 Å². The summed E-state index contributed by atoms with van der Waals surface area (Å²) in [5.74, 6) is -2.69. The number of carboxylic acids is 1. The van der Waals surface area contributed by atoms with Crippen LogP contribution in [0.4, 0.5) is 5.82 Å². The number of nitrogen functional groups attached to an aromatic ring is 1. The van der Waals surface area contributed by atoms with Gasteiger partial charge in [-0.1, -0.05) is 0 Å². The van der Waals surface area contributed by atoms with Crippen LogP contribution in [0, 0.1) is 0 Å². The van der Waals surface area contributed by atoms with E-state index in [0.717, 1.165) is 6.33 Å². The molecule has 6 N–H and O–H groups in total. The van der Waals surface area contributed by atoms with Gasteiger partial charge in [0.15, 0.2) is 30.1 Å². The van der Waals surface area contributed by atoms with Gasteiger partial charge in [-0.25, -0.2) is 19.3 Å². The maximum absolute atomic E-state index is 12.2. The van der Waals surface area contributed by atoms with Gasteiger partial charge >= 0.3 is 5.97 Å². The van der Waals surface area contributed by atoms with E-state index in [1.165, 1.54) is 10.9 Å². The monoisotopic (exact) mass is 656 g/mol. The highest BCUT2D eigenvalue weighted by molar-refractivity contribution is 7.59. The van der Waals surface area contributed by atoms with Crippen LogP contribution < -0.4 is 20.6 Å². The van der Waals surface area contributed by atoms with Gasteiger partial charge in [-0.3, -0.25) is 18.5 Å². The molecule has 4 heterocycles. The first kappa shape index (κ1) is 33.2. The minimum Gasteiger partial charge on any atom is -0.756 e. The largest absolute Gasteiger partial charge is 0.756 e. The Balaban J connectivity index is 1.28. The maximum Gasteiger partial charge on any atom is 0.306 e. The van der Waals surface area contributed by atoms with Crippen molar-refractivity contribution in [2.75, 3.05) is 18.9 Å². The van der Waals surface area contributed by atoms with Crippen molar-refractivity contribution in [2.24, 2.45) is 0 Å². The van der Waals surface area contributed by atoms with Crippen LogP contribution in [0.3, 0.4) is 0 Å². The van der Waals surface area contributed by atoms with Crippen molar-refractivity contribution in [1.29, 1.82) is 0 Å². The van der Waals surface area contributed by atoms with E-state index in [2.05, 4.69) is 28.3 Å². The summed E-state index contributed by atoms with van der Waals surface area (Å²) >= 11 is 0. The number of carbonyl (C=O) groups is 2. The number of nitrogens with zero attached hydrogens (tertiary/aromatic N) is 4. The van der Waals surface area contributed by atoms with Gasteiger partial charge in [0.05, 0.1) is 26.0 Å². The van der Waals surface area contributed by atoms with E-state index >= 15 is 0 Å². The lowest BCUT2D eigenvalue weighted by Gasteiger charge is -2.32. The summed E-state index contributed by atoms with van der Waals surface area (Å²) in [5, 5.41) is 51.2. The Bertz CT molecular complexity index is 1430. The van der Waals surface area contributed by atoms with Crippen LogP contribution in [0.15, 0.2) is 12.7 Å². The molecule has 0 bridgehead atoms. The number of aliphatic hydroxyl groups excluding tert-OH is 4. The summed E-state index contributed by atoms with van der Waals surface area (Å²) in [6, 6.07) is 0. The first-order chi connectivity index (χ1) is 20.1. The summed E-state index contributed by atoms with van der Waals surface area (Å²) in [4.78, 5) is 58.1. The summed E-state index contributed by atoms with van der Waals surface area (Å²) in [5.41, 5.74) is 5.99. The number of fused-ring (bicyclic) bond motifs is 1. The van der Waals surface area contributed by atoms with Crippen LogP contribution in [-0.4, -0.2) is 108 Å². The number of nitrogens with two attached hydrogens (primary N) is 1. The number of hydrogen-bond donors (Lipinski definition) is 5. The zero-order valence-corrected chi connectivity index (χ0v) is 23.2. The molecule has 0 saturated carbocycles. The van der Waals surface area contributed by atoms with E-state index < -0.39 is 103 Å². The molecule has 10 atom stereocenters. The lowest BCUT2D eigenvalue weighted by Crippen LogP contribution is -2.38. The summed E-state index contributed by atoms with van der Waals surface area (Å²) in [6.07, 6.45) is -12.6. The van der Waals surface area contributed by atoms with E-state index in [-0.39, 0.29) is 17.0 Å². The quantitative estimate of drug-likeness (QED) is 0.0991. The number of carbonyl (C=O) groups excluding carboxylic acids is 2. The normalized spacial score (nSPS) is 32.0. The number of phosphoric ester groups is 2. The Morgan fingerprint density at radius 1 is 0.953 bits per heavy atom. The Labute approximate surface area is 239 Å². The van der Waals surface area contributed by atoms with Crippen molar-refractivity contribution in [3.05, 3.63) is 12.7 Å². The highest BCUT2D eigenvalue weighted by Crippen LogP contribution is 2.56. The van der Waals surface area contributed by atoms with Crippen LogP contribution in [0.1, 0.15) is 19.1 Å². The van der Waals surface area contributed by atoms with Gasteiger partial charge in [0.25, 0.3) is 15.6 Å². The number of carboxylic acid groups (broad SMARTS) is 1. The van der Waals surface area contributed by atoms with Crippen LogP contribution >= 0.6 is 15.6 Å². The molecule has 3 unspecified atom stereocenters. The minimum atomic E-state index is -5.75. The number of ether oxygens (including phenoxy) is 3. The molecule has 0 amide bonds. The zero-order chi connectivity index (χ0) is 31.7. The summed E-state index contributed by atoms with van der Waals surface area (Å²) in [7, 11) is -11.5. The standard InChI is InChI=1S/C19H27N5O17P2/c20-16-11-17(22-5-21-16)24(6-23-11)18-14(30)12(28)7(38-18)3-36-42(32,33)41-43(34,35)37-4-8-13(29)15(19(31)39-8)40-10(27)2-1-9(25)26/h5-8,12-15,18-19,28-31H,1-4H2,(H,25,26)(H,32,33)(H,34,35)(H2,20,21,22)/p-3/t7-,8-,12-,13-,14-,15-,18-,19?/m1/s1. The van der Waals surface area contributed by atoms with E-state index in [4.69, 9.17) is 19.9 Å². The molecule has 4 rings (SSSR count). The number of phosphoric acid groups is 2. The highest BCUT2D eigenvalue weighted by Gasteiger charge is 2.47. The van der Waals surface area contributed by atoms with Crippen LogP contribution in [0.5, 0.6) is 0 Å². The fraction of sp³-hybridized carbons (Fsp3) is 0.632. The molecule has 22 nitrogen and oxygen atoms in total. The predicted molar refractivity (Wildman–Crippen MR) is 125 cm³/mol. The second kappa shape index (κ2) is 13.1. The van der Waals surface area contributed by atoms with Crippen molar-refractivity contribution in [3.8, 4) is 0 Å². The molecule has 24 heteroatoms. The number of hydrogen-bond acceptors (Lipinski definition) is 21. The number of aliphatic carboxylic acids is 1. The van der Waals surface area contributed by atoms with Crippen LogP contribution in [-0.2, 0) is 46.3 Å². The molecular weight excluding hydrogens is 632 g/mol. The Morgan fingerprint density at radius 2 is 1.58 bits per heavy atom. The third kappa shape index (κ3) is 7.88. The second-order valence-corrected chi connectivity index (χ2v) is 12.0. The lowest BCUT2D eigenvalue weighted by molar-refractivity contribution is -0.305. The van der Waals surface area contributed by atoms with Gasteiger partial charge in [0, 0.05) is 5.97 Å². The van der Waals surface area contributed by atoms with Crippen molar-refractivity contribution >= 4 is 44.6 Å². The topological polar surface area (TPSA) is 343 Å². The van der Waals surface area contributed by atoms with Crippen molar-refractivity contribution in [1.82, 2.24) is 19.5 Å². The summed E-state index contributed by atoms with van der Waals surface area (Å²) < 4.78 is 53.3. The number of rotatable bonds is 13. The highest BCUT2D eigenvalue weighted by atomic mass is 31.3. The average Bonchev–Trinajstić information content (AvgIpc) is 3.55. The molecule has 0 aromatic carbocycles. The predicted octanol–water partition coefficient (Wildman–Crippen LogP) is -5.47. The van der Waals surface area contributed by atoms with Gasteiger partial charge < -0.3 is 69.1 Å². The Hall–Kier alpha value is -2.69. The smallest absolute Gasteiger partial charge is 0.306 e. The molecule has 43 heavy (non-hydrogen) atoms. The number of aliphatic hydroxyl groups is 4. The fourth-order valence-corrected chi connectivity index (χ4v) is 6.07. The molecule has 2 aliphatic heterocycles. The molecule has 2 aromatic heterocycles. The van der Waals surface area contributed by atoms with Gasteiger partial charge in [-0.15, -0.1) is 0 Å². The van der Waals surface area contributed by atoms with Gasteiger partial charge in [0.2, 0.25) is 0 Å². The SMILES string of the molecule is Nc1ncnc2c1ncn2[C@@H]1O[C@H](COP(=O)([O-])OP(=O)([O-])OC[C@H]2OC(O)[C@H](OC(=O)CCC(=O)[O-])[C@@H]2O)[C@@H](O)[C@H]1O. The van der Waals surface area contributed by atoms with Crippen molar-refractivity contribution in [3.63, 3.8) is 0 Å². The zero-order valence-electron chi connectivity index (χ0n) is 21.5. The first-order valence-corrected chi connectivity index (χ1v) is 15.0. The molecule has 240 valence electrons. The van der Waals surface area contributed by atoms with Crippen molar-refractivity contribution < 1.29 is 81.6 Å². The molecule has 2 aliphatic rings. The molecule has 0 spiro atoms. The molecule has 2 aromatic rings. The van der Waals surface area contributed by atoms with E-state index in [1.54, 1.807) is 0 Å². The fourth-order valence-electron chi connectivity index (χ4n) is 4.05. The minimum absolute atomic E-state index is 0.0183. The molecular formula is C19H24N5O17P2-3. The number of anilines is 1. The third-order valence-electron chi connectivity index (χ3n) is 6.11. The Morgan fingerprint density at radius 3 is 2.21 bits per heavy atom. The molecule has 2 fully saturated rings. The second-order valence-electron chi connectivity index (χ2n) is 9.08. The third-order valence-corrected chi connectivity index (χ3v) is 8.64. The van der Waals surface area contributed by atoms with Gasteiger partial charge in [-0.05, 0) is 6.42 Å². The lowest BCUT2D eigenvalue weighted by atomic mass is 10.1. The summed E-state index contributed by atoms with van der Waals surface area (Å²) in [6.45, 7) is -2.15. The van der Waals surface area contributed by atoms with E-state index in [9.17, 15) is 54.0 Å². The number of esters is 1. The first-order valence-electron chi connectivity index (χ1n) is 12.1. The van der Waals surface area contributed by atoms with E-state index in [1.807, 2.05) is 0 Å². The molecule has 2 saturated heterocycles. The molecule has 0 radical (unpaired) electrons. The van der Waals surface area contributed by atoms with Crippen LogP contribution in [0.2, 0.25) is 0 Å². The van der Waals surface area contributed by atoms with Crippen molar-refractivity contribution in [2.45, 2.75) is 62.0 Å². The Kier molecular flexibility index (Phi) is 10.1. The maximum atomic E-state index is 12.2. The van der Waals surface area contributed by atoms with Crippen LogP contribution in [0.25, 0.3) is 11.2 Å². The van der Waals surface area contributed by atoms with E-state index in [0.29, 0.717) is 0 Å². The number of aromatic nitrogens is 4. The number of imidazole rings is 1. The average molecular weight is 656 g/mol. The molecule has 0 aliphatic carbocycles.